The van der Waals surface area contributed by atoms with E-state index in [0.717, 1.165) is 33.6 Å². The molecule has 0 radical (unpaired) electrons. The molecule has 0 unspecified atom stereocenters. The van der Waals surface area contributed by atoms with Gasteiger partial charge in [0.25, 0.3) is 0 Å². The molecular weight excluding hydrogens is 663 g/mol. The largest absolute Gasteiger partial charge is 0.456 e. The summed E-state index contributed by atoms with van der Waals surface area (Å²) >= 11 is 1.85. The molecule has 0 spiro atoms. The SMILES string of the molecule is c1ccc2c(-c3ccc(N(c4ccc(-c5cccc6ccccc56)cc4)c4cccc5oc6ccc7c8ccccc8sc7c6c45)cc3)cccc2c1. The van der Waals surface area contributed by atoms with Gasteiger partial charge in [0.05, 0.1) is 11.1 Å². The Balaban J connectivity index is 1.13. The first-order chi connectivity index (χ1) is 26.3. The van der Waals surface area contributed by atoms with Crippen molar-refractivity contribution in [2.75, 3.05) is 4.90 Å². The third-order valence-electron chi connectivity index (χ3n) is 10.7. The molecule has 2 heterocycles. The number of thiophene rings is 1. The van der Waals surface area contributed by atoms with Crippen molar-refractivity contribution in [1.29, 1.82) is 0 Å². The van der Waals surface area contributed by atoms with Crippen LogP contribution in [0.5, 0.6) is 0 Å². The predicted octanol–water partition coefficient (Wildman–Crippen LogP) is 15.1. The molecule has 11 rings (SSSR count). The van der Waals surface area contributed by atoms with Gasteiger partial charge in [0.2, 0.25) is 0 Å². The van der Waals surface area contributed by atoms with E-state index in [2.05, 4.69) is 193 Å². The van der Waals surface area contributed by atoms with Gasteiger partial charge in [-0.25, -0.2) is 0 Å². The Morgan fingerprint density at radius 2 is 0.906 bits per heavy atom. The van der Waals surface area contributed by atoms with Crippen molar-refractivity contribution < 1.29 is 4.42 Å². The van der Waals surface area contributed by atoms with E-state index in [0.29, 0.717) is 0 Å². The van der Waals surface area contributed by atoms with Crippen LogP contribution >= 0.6 is 11.3 Å². The van der Waals surface area contributed by atoms with Crippen LogP contribution in [0.25, 0.3) is 85.9 Å². The molecule has 3 heteroatoms. The zero-order valence-electron chi connectivity index (χ0n) is 28.7. The summed E-state index contributed by atoms with van der Waals surface area (Å²) in [5.74, 6) is 0. The van der Waals surface area contributed by atoms with Gasteiger partial charge in [-0.1, -0.05) is 133 Å². The van der Waals surface area contributed by atoms with Crippen LogP contribution in [0.3, 0.4) is 0 Å². The van der Waals surface area contributed by atoms with Crippen molar-refractivity contribution in [2.24, 2.45) is 0 Å². The zero-order chi connectivity index (χ0) is 34.9. The first kappa shape index (κ1) is 30.0. The first-order valence-electron chi connectivity index (χ1n) is 18.0. The highest BCUT2D eigenvalue weighted by Crippen LogP contribution is 2.48. The summed E-state index contributed by atoms with van der Waals surface area (Å²) < 4.78 is 9.18. The zero-order valence-corrected chi connectivity index (χ0v) is 29.5. The van der Waals surface area contributed by atoms with Crippen LogP contribution in [0, 0.1) is 0 Å². The molecule has 53 heavy (non-hydrogen) atoms. The van der Waals surface area contributed by atoms with Crippen molar-refractivity contribution in [3.05, 3.63) is 188 Å². The molecule has 0 N–H and O–H groups in total. The number of hydrogen-bond donors (Lipinski definition) is 0. The van der Waals surface area contributed by atoms with Gasteiger partial charge in [-0.3, -0.25) is 0 Å². The molecule has 11 aromatic rings. The van der Waals surface area contributed by atoms with Crippen molar-refractivity contribution >= 4 is 92.1 Å². The van der Waals surface area contributed by atoms with E-state index < -0.39 is 0 Å². The van der Waals surface area contributed by atoms with Crippen molar-refractivity contribution in [2.45, 2.75) is 0 Å². The average molecular weight is 694 g/mol. The van der Waals surface area contributed by atoms with E-state index in [4.69, 9.17) is 4.42 Å². The number of fused-ring (bicyclic) bond motifs is 9. The Hall–Kier alpha value is -6.68. The van der Waals surface area contributed by atoms with Crippen molar-refractivity contribution in [1.82, 2.24) is 0 Å². The molecule has 248 valence electrons. The summed E-state index contributed by atoms with van der Waals surface area (Å²) in [5, 5.41) is 9.83. The van der Waals surface area contributed by atoms with Crippen LogP contribution in [0.15, 0.2) is 192 Å². The fourth-order valence-electron chi connectivity index (χ4n) is 8.21. The summed E-state index contributed by atoms with van der Waals surface area (Å²) in [6.45, 7) is 0. The lowest BCUT2D eigenvalue weighted by Crippen LogP contribution is -2.10. The number of rotatable bonds is 5. The van der Waals surface area contributed by atoms with E-state index in [1.54, 1.807) is 0 Å². The number of furan rings is 1. The van der Waals surface area contributed by atoms with Crippen molar-refractivity contribution in [3.8, 4) is 22.3 Å². The maximum Gasteiger partial charge on any atom is 0.137 e. The Labute approximate surface area is 310 Å². The molecule has 0 bridgehead atoms. The number of hydrogen-bond acceptors (Lipinski definition) is 3. The third-order valence-corrected chi connectivity index (χ3v) is 11.9. The fourth-order valence-corrected chi connectivity index (χ4v) is 9.46. The Bertz CT molecular complexity index is 3040. The maximum atomic E-state index is 6.63. The second-order valence-corrected chi connectivity index (χ2v) is 14.7. The van der Waals surface area contributed by atoms with Gasteiger partial charge in [0.15, 0.2) is 0 Å². The lowest BCUT2D eigenvalue weighted by molar-refractivity contribution is 0.669. The average Bonchev–Trinajstić information content (AvgIpc) is 3.80. The third kappa shape index (κ3) is 4.78. The minimum Gasteiger partial charge on any atom is -0.456 e. The highest BCUT2D eigenvalue weighted by Gasteiger charge is 2.22. The highest BCUT2D eigenvalue weighted by atomic mass is 32.1. The topological polar surface area (TPSA) is 16.4 Å². The summed E-state index contributed by atoms with van der Waals surface area (Å²) in [6.07, 6.45) is 0. The fraction of sp³-hybridized carbons (Fsp3) is 0. The van der Waals surface area contributed by atoms with Crippen LogP contribution in [0.1, 0.15) is 0 Å². The molecule has 0 atom stereocenters. The van der Waals surface area contributed by atoms with Crippen LogP contribution < -0.4 is 4.90 Å². The van der Waals surface area contributed by atoms with Gasteiger partial charge in [0, 0.05) is 36.9 Å². The van der Waals surface area contributed by atoms with Gasteiger partial charge in [-0.05, 0) is 98.4 Å². The second kappa shape index (κ2) is 11.9. The van der Waals surface area contributed by atoms with E-state index in [9.17, 15) is 0 Å². The van der Waals surface area contributed by atoms with Crippen molar-refractivity contribution in [3.63, 3.8) is 0 Å². The van der Waals surface area contributed by atoms with Crippen LogP contribution in [-0.2, 0) is 0 Å². The van der Waals surface area contributed by atoms with Gasteiger partial charge in [0.1, 0.15) is 11.2 Å². The normalized spacial score (nSPS) is 11.8. The first-order valence-corrected chi connectivity index (χ1v) is 18.8. The molecule has 2 aromatic heterocycles. The van der Waals surface area contributed by atoms with E-state index in [1.165, 1.54) is 69.4 Å². The van der Waals surface area contributed by atoms with Crippen LogP contribution in [0.4, 0.5) is 17.1 Å². The second-order valence-electron chi connectivity index (χ2n) is 13.6. The Morgan fingerprint density at radius 1 is 0.377 bits per heavy atom. The standard InChI is InChI=1S/C50H31NOS/c1-3-14-38-32(10-1)12-7-17-40(38)34-22-26-36(27-23-34)51(37-28-24-35(25-29-37)41-18-8-13-33-11-2-4-15-39(33)41)44-19-9-20-45-48(44)49-46(52-45)31-30-43-42-16-5-6-21-47(42)53-50(43)49/h1-31H. The van der Waals surface area contributed by atoms with Gasteiger partial charge in [-0.2, -0.15) is 0 Å². The molecule has 9 aromatic carbocycles. The van der Waals surface area contributed by atoms with Gasteiger partial charge < -0.3 is 9.32 Å². The summed E-state index contributed by atoms with van der Waals surface area (Å²) in [5.41, 5.74) is 9.88. The molecule has 0 aliphatic carbocycles. The summed E-state index contributed by atoms with van der Waals surface area (Å²) in [4.78, 5) is 2.39. The number of anilines is 3. The Morgan fingerprint density at radius 3 is 1.55 bits per heavy atom. The van der Waals surface area contributed by atoms with Gasteiger partial charge in [-0.15, -0.1) is 11.3 Å². The minimum atomic E-state index is 0.882. The molecule has 0 saturated heterocycles. The van der Waals surface area contributed by atoms with Gasteiger partial charge >= 0.3 is 0 Å². The Kier molecular flexibility index (Phi) is 6.76. The maximum absolute atomic E-state index is 6.63. The van der Waals surface area contributed by atoms with Crippen LogP contribution in [-0.4, -0.2) is 0 Å². The summed E-state index contributed by atoms with van der Waals surface area (Å²) in [6, 6.07) is 67.9. The van der Waals surface area contributed by atoms with E-state index in [-0.39, 0.29) is 0 Å². The number of benzene rings is 9. The minimum absolute atomic E-state index is 0.882. The molecule has 2 nitrogen and oxygen atoms in total. The molecule has 0 aliphatic rings. The van der Waals surface area contributed by atoms with Crippen LogP contribution in [0.2, 0.25) is 0 Å². The van der Waals surface area contributed by atoms with E-state index in [1.807, 2.05) is 11.3 Å². The smallest absolute Gasteiger partial charge is 0.137 e. The van der Waals surface area contributed by atoms with E-state index >= 15 is 0 Å². The molecule has 0 fully saturated rings. The monoisotopic (exact) mass is 693 g/mol. The lowest BCUT2D eigenvalue weighted by atomic mass is 9.97. The highest BCUT2D eigenvalue weighted by molar-refractivity contribution is 7.26. The summed E-state index contributed by atoms with van der Waals surface area (Å²) in [7, 11) is 0. The quantitative estimate of drug-likeness (QED) is 0.178. The molecule has 0 saturated carbocycles. The lowest BCUT2D eigenvalue weighted by Gasteiger charge is -2.27. The molecule has 0 aliphatic heterocycles. The number of nitrogens with zero attached hydrogens (tertiary/aromatic N) is 1. The molecule has 0 amide bonds. The predicted molar refractivity (Wildman–Crippen MR) is 227 cm³/mol. The molecular formula is C50H31NOS.